The molecule has 1 nitrogen and oxygen atoms in total. The van der Waals surface area contributed by atoms with Gasteiger partial charge >= 0.3 is 0 Å². The molecule has 0 aromatic heterocycles. The zero-order chi connectivity index (χ0) is 14.4. The van der Waals surface area contributed by atoms with Crippen molar-refractivity contribution in [3.8, 4) is 0 Å². The third kappa shape index (κ3) is 14.6. The van der Waals surface area contributed by atoms with Crippen molar-refractivity contribution in [2.75, 3.05) is 0 Å². The fourth-order valence-corrected chi connectivity index (χ4v) is 4.41. The van der Waals surface area contributed by atoms with Crippen molar-refractivity contribution in [3.63, 3.8) is 0 Å². The molecule has 0 amide bonds. The second kappa shape index (κ2) is 13.4. The van der Waals surface area contributed by atoms with E-state index in [2.05, 4.69) is 20.0 Å². The highest BCUT2D eigenvalue weighted by molar-refractivity contribution is 6.73. The van der Waals surface area contributed by atoms with Gasteiger partial charge in [-0.2, -0.15) is 0 Å². The van der Waals surface area contributed by atoms with Gasteiger partial charge in [0.05, 0.1) is 0 Å². The largest absolute Gasteiger partial charge is 0.463 e. The summed E-state index contributed by atoms with van der Waals surface area (Å²) < 4.78 is 5.72. The summed E-state index contributed by atoms with van der Waals surface area (Å²) in [5, 5.41) is 0. The molecule has 0 spiro atoms. The Balaban J connectivity index is 3.07. The van der Waals surface area contributed by atoms with Crippen LogP contribution in [0.2, 0.25) is 19.1 Å². The van der Waals surface area contributed by atoms with E-state index in [9.17, 15) is 0 Å². The molecule has 0 saturated carbocycles. The van der Waals surface area contributed by atoms with Crippen LogP contribution < -0.4 is 0 Å². The minimum Gasteiger partial charge on any atom is -0.463 e. The SMILES string of the molecule is CCCCCCCCCCCCCC[Si](C)(C)O[SiH3]. The number of hydrogen-bond donors (Lipinski definition) is 0. The van der Waals surface area contributed by atoms with E-state index >= 15 is 0 Å². The molecule has 0 aromatic rings. The molecule has 0 heterocycles. The fourth-order valence-electron chi connectivity index (χ4n) is 2.49. The molecule has 0 fully saturated rings. The lowest BCUT2D eigenvalue weighted by Crippen LogP contribution is -2.28. The molecule has 19 heavy (non-hydrogen) atoms. The van der Waals surface area contributed by atoms with Crippen LogP contribution >= 0.6 is 0 Å². The van der Waals surface area contributed by atoms with E-state index in [4.69, 9.17) is 4.12 Å². The normalized spacial score (nSPS) is 12.2. The van der Waals surface area contributed by atoms with Gasteiger partial charge in [0.25, 0.3) is 0 Å². The van der Waals surface area contributed by atoms with Gasteiger partial charge in [-0.25, -0.2) is 0 Å². The number of unbranched alkanes of at least 4 members (excludes halogenated alkanes) is 11. The minimum absolute atomic E-state index is 0.930. The van der Waals surface area contributed by atoms with E-state index < -0.39 is 8.32 Å². The van der Waals surface area contributed by atoms with Gasteiger partial charge in [0.1, 0.15) is 10.5 Å². The molecule has 0 aliphatic carbocycles. The summed E-state index contributed by atoms with van der Waals surface area (Å²) in [6.45, 7) is 7.01. The lowest BCUT2D eigenvalue weighted by atomic mass is 10.1. The van der Waals surface area contributed by atoms with E-state index in [1.54, 1.807) is 0 Å². The summed E-state index contributed by atoms with van der Waals surface area (Å²) in [4.78, 5) is 0. The zero-order valence-corrected chi connectivity index (χ0v) is 17.1. The van der Waals surface area contributed by atoms with Crippen molar-refractivity contribution in [3.05, 3.63) is 0 Å². The maximum atomic E-state index is 5.72. The van der Waals surface area contributed by atoms with Gasteiger partial charge in [-0.15, -0.1) is 0 Å². The van der Waals surface area contributed by atoms with Gasteiger partial charge in [-0.1, -0.05) is 84.0 Å². The van der Waals surface area contributed by atoms with Crippen LogP contribution in [-0.2, 0) is 4.12 Å². The van der Waals surface area contributed by atoms with E-state index in [1.807, 2.05) is 0 Å². The van der Waals surface area contributed by atoms with Crippen molar-refractivity contribution < 1.29 is 4.12 Å². The molecule has 116 valence electrons. The highest BCUT2D eigenvalue weighted by Crippen LogP contribution is 2.17. The standard InChI is InChI=1S/C16H38OSi2/c1-4-5-6-7-8-9-10-11-12-13-14-15-16-19(2,3)17-18/h4-16H2,1-3,18H3. The summed E-state index contributed by atoms with van der Waals surface area (Å²) >= 11 is 0. The van der Waals surface area contributed by atoms with Crippen molar-refractivity contribution in [1.82, 2.24) is 0 Å². The molecule has 3 heteroatoms. The molecule has 0 radical (unpaired) electrons. The first kappa shape index (κ1) is 19.4. The third-order valence-electron chi connectivity index (χ3n) is 4.18. The summed E-state index contributed by atoms with van der Waals surface area (Å²) in [5.41, 5.74) is 0. The highest BCUT2D eigenvalue weighted by Gasteiger charge is 2.18. The summed E-state index contributed by atoms with van der Waals surface area (Å²) in [5.74, 6) is 0. The summed E-state index contributed by atoms with van der Waals surface area (Å²) in [7, 11) is -0.283. The lowest BCUT2D eigenvalue weighted by Gasteiger charge is -2.20. The van der Waals surface area contributed by atoms with Crippen molar-refractivity contribution >= 4 is 18.8 Å². The predicted molar refractivity (Wildman–Crippen MR) is 94.4 cm³/mol. The van der Waals surface area contributed by atoms with E-state index in [1.165, 1.54) is 83.1 Å². The smallest absolute Gasteiger partial charge is 0.172 e. The van der Waals surface area contributed by atoms with Crippen LogP contribution in [0.15, 0.2) is 0 Å². The second-order valence-electron chi connectivity index (χ2n) is 6.60. The Kier molecular flexibility index (Phi) is 13.7. The molecule has 0 bridgehead atoms. The Morgan fingerprint density at radius 3 is 1.42 bits per heavy atom. The molecule has 0 atom stereocenters. The number of rotatable bonds is 14. The quantitative estimate of drug-likeness (QED) is 0.317. The molecular formula is C16H38OSi2. The number of hydrogen-bond acceptors (Lipinski definition) is 1. The van der Waals surface area contributed by atoms with Crippen molar-refractivity contribution in [2.45, 2.75) is 103 Å². The summed E-state index contributed by atoms with van der Waals surface area (Å²) in [6, 6.07) is 1.37. The maximum Gasteiger partial charge on any atom is 0.172 e. The van der Waals surface area contributed by atoms with Gasteiger partial charge < -0.3 is 4.12 Å². The molecule has 0 aromatic carbocycles. The Bertz CT molecular complexity index is 184. The topological polar surface area (TPSA) is 9.23 Å². The van der Waals surface area contributed by atoms with E-state index in [0.717, 1.165) is 10.5 Å². The van der Waals surface area contributed by atoms with E-state index in [0.29, 0.717) is 0 Å². The Labute approximate surface area is 126 Å². The third-order valence-corrected chi connectivity index (χ3v) is 10.2. The van der Waals surface area contributed by atoms with Gasteiger partial charge in [-0.05, 0) is 19.1 Å². The molecule has 0 aliphatic heterocycles. The minimum atomic E-state index is -1.21. The highest BCUT2D eigenvalue weighted by atomic mass is 28.4. The first-order valence-electron chi connectivity index (χ1n) is 8.67. The average Bonchev–Trinajstić information content (AvgIpc) is 2.40. The van der Waals surface area contributed by atoms with Crippen molar-refractivity contribution in [2.24, 2.45) is 0 Å². The van der Waals surface area contributed by atoms with Gasteiger partial charge in [0.15, 0.2) is 8.32 Å². The van der Waals surface area contributed by atoms with Crippen LogP contribution in [0, 0.1) is 0 Å². The first-order valence-corrected chi connectivity index (χ1v) is 12.6. The average molecular weight is 303 g/mol. The predicted octanol–water partition coefficient (Wildman–Crippen LogP) is 5.19. The van der Waals surface area contributed by atoms with Crippen LogP contribution in [-0.4, -0.2) is 18.8 Å². The first-order chi connectivity index (χ1) is 9.12. The molecule has 0 rings (SSSR count). The molecule has 0 aliphatic rings. The maximum absolute atomic E-state index is 5.72. The fraction of sp³-hybridized carbons (Fsp3) is 1.00. The Morgan fingerprint density at radius 2 is 1.05 bits per heavy atom. The van der Waals surface area contributed by atoms with Crippen LogP contribution in [0.3, 0.4) is 0 Å². The molecular weight excluding hydrogens is 264 g/mol. The molecule has 0 saturated heterocycles. The van der Waals surface area contributed by atoms with Gasteiger partial charge in [-0.3, -0.25) is 0 Å². The van der Waals surface area contributed by atoms with E-state index in [-0.39, 0.29) is 0 Å². The van der Waals surface area contributed by atoms with Crippen molar-refractivity contribution in [1.29, 1.82) is 0 Å². The molecule has 0 N–H and O–H groups in total. The van der Waals surface area contributed by atoms with Crippen LogP contribution in [0.4, 0.5) is 0 Å². The monoisotopic (exact) mass is 302 g/mol. The van der Waals surface area contributed by atoms with Crippen LogP contribution in [0.25, 0.3) is 0 Å². The van der Waals surface area contributed by atoms with Crippen LogP contribution in [0.5, 0.6) is 0 Å². The van der Waals surface area contributed by atoms with Gasteiger partial charge in [0.2, 0.25) is 0 Å². The second-order valence-corrected chi connectivity index (χ2v) is 12.3. The molecule has 0 unspecified atom stereocenters. The zero-order valence-electron chi connectivity index (χ0n) is 14.1. The Morgan fingerprint density at radius 1 is 0.684 bits per heavy atom. The summed E-state index contributed by atoms with van der Waals surface area (Å²) in [6.07, 6.45) is 17.3. The van der Waals surface area contributed by atoms with Gasteiger partial charge in [0, 0.05) is 0 Å². The lowest BCUT2D eigenvalue weighted by molar-refractivity contribution is 0.542. The Hall–Kier alpha value is 0.394. The van der Waals surface area contributed by atoms with Crippen LogP contribution in [0.1, 0.15) is 84.0 Å².